The Morgan fingerprint density at radius 3 is 2.50 bits per heavy atom. The van der Waals surface area contributed by atoms with Crippen molar-refractivity contribution >= 4 is 23.1 Å². The molecule has 3 rings (SSSR count). The van der Waals surface area contributed by atoms with Gasteiger partial charge in [-0.2, -0.15) is 0 Å². The van der Waals surface area contributed by atoms with Crippen LogP contribution in [0.15, 0.2) is 52.3 Å². The van der Waals surface area contributed by atoms with Gasteiger partial charge in [-0.3, -0.25) is 0 Å². The zero-order valence-electron chi connectivity index (χ0n) is 13.4. The molecule has 1 aliphatic heterocycles. The molecule has 0 aliphatic carbocycles. The third-order valence-electron chi connectivity index (χ3n) is 4.24. The number of anilines is 2. The van der Waals surface area contributed by atoms with Crippen LogP contribution in [0.4, 0.5) is 11.4 Å². The van der Waals surface area contributed by atoms with E-state index < -0.39 is 0 Å². The number of unbranched alkanes of at least 4 members (excludes halogenated alkanes) is 5. The van der Waals surface area contributed by atoms with Crippen LogP contribution in [-0.2, 0) is 6.42 Å². The lowest BCUT2D eigenvalue weighted by atomic mass is 10.0. The van der Waals surface area contributed by atoms with Gasteiger partial charge >= 0.3 is 0 Å². The Morgan fingerprint density at radius 2 is 1.59 bits per heavy atom. The van der Waals surface area contributed by atoms with E-state index in [2.05, 4.69) is 54.7 Å². The quantitative estimate of drug-likeness (QED) is 0.482. The molecule has 0 aromatic heterocycles. The SMILES string of the molecule is CCCCCCCCc1ccc2c(c1)Sc1ccccc1N2. The standard InChI is InChI=1S/C20H25NS/c1-2-3-4-5-6-7-10-16-13-14-18-20(15-16)22-19-12-9-8-11-17(19)21-18/h8-9,11-15,21H,2-7,10H2,1H3. The lowest BCUT2D eigenvalue weighted by Gasteiger charge is -2.21. The predicted molar refractivity (Wildman–Crippen MR) is 97.4 cm³/mol. The van der Waals surface area contributed by atoms with E-state index in [0.717, 1.165) is 0 Å². The number of para-hydroxylation sites is 1. The number of rotatable bonds is 7. The maximum atomic E-state index is 3.54. The zero-order valence-corrected chi connectivity index (χ0v) is 14.2. The summed E-state index contributed by atoms with van der Waals surface area (Å²) >= 11 is 1.88. The van der Waals surface area contributed by atoms with Crippen LogP contribution >= 0.6 is 11.8 Å². The van der Waals surface area contributed by atoms with Gasteiger partial charge in [0.05, 0.1) is 11.4 Å². The van der Waals surface area contributed by atoms with Crippen LogP contribution in [0.25, 0.3) is 0 Å². The Labute approximate surface area is 138 Å². The van der Waals surface area contributed by atoms with E-state index in [1.54, 1.807) is 0 Å². The Morgan fingerprint density at radius 1 is 0.818 bits per heavy atom. The van der Waals surface area contributed by atoms with Gasteiger partial charge in [0.25, 0.3) is 0 Å². The van der Waals surface area contributed by atoms with Crippen molar-refractivity contribution in [3.63, 3.8) is 0 Å². The number of hydrogen-bond donors (Lipinski definition) is 1. The highest BCUT2D eigenvalue weighted by molar-refractivity contribution is 7.99. The molecule has 0 unspecified atom stereocenters. The smallest absolute Gasteiger partial charge is 0.0526 e. The molecule has 0 bridgehead atoms. The third kappa shape index (κ3) is 3.86. The highest BCUT2D eigenvalue weighted by Crippen LogP contribution is 2.44. The molecular weight excluding hydrogens is 286 g/mol. The van der Waals surface area contributed by atoms with Gasteiger partial charge in [-0.1, -0.05) is 69.0 Å². The van der Waals surface area contributed by atoms with E-state index in [4.69, 9.17) is 0 Å². The summed E-state index contributed by atoms with van der Waals surface area (Å²) in [4.78, 5) is 2.69. The summed E-state index contributed by atoms with van der Waals surface area (Å²) in [6, 6.07) is 15.4. The summed E-state index contributed by atoms with van der Waals surface area (Å²) in [6.07, 6.45) is 9.40. The molecule has 1 nitrogen and oxygen atoms in total. The van der Waals surface area contributed by atoms with Crippen LogP contribution in [0.2, 0.25) is 0 Å². The molecule has 1 aliphatic rings. The number of nitrogens with one attached hydrogen (secondary N) is 1. The number of benzene rings is 2. The molecule has 116 valence electrons. The fraction of sp³-hybridized carbons (Fsp3) is 0.400. The van der Waals surface area contributed by atoms with Crippen molar-refractivity contribution in [2.45, 2.75) is 61.7 Å². The fourth-order valence-corrected chi connectivity index (χ4v) is 3.99. The average Bonchev–Trinajstić information content (AvgIpc) is 2.56. The van der Waals surface area contributed by atoms with E-state index in [1.165, 1.54) is 71.7 Å². The van der Waals surface area contributed by atoms with E-state index in [1.807, 2.05) is 11.8 Å². The highest BCUT2D eigenvalue weighted by Gasteiger charge is 2.15. The first-order valence-corrected chi connectivity index (χ1v) is 9.35. The minimum absolute atomic E-state index is 1.21. The number of fused-ring (bicyclic) bond motifs is 2. The summed E-state index contributed by atoms with van der Waals surface area (Å²) < 4.78 is 0. The second-order valence-electron chi connectivity index (χ2n) is 6.07. The van der Waals surface area contributed by atoms with Gasteiger partial charge < -0.3 is 5.32 Å². The van der Waals surface area contributed by atoms with Crippen molar-refractivity contribution in [3.05, 3.63) is 48.0 Å². The molecule has 0 fully saturated rings. The summed E-state index contributed by atoms with van der Waals surface area (Å²) in [5, 5.41) is 3.54. The van der Waals surface area contributed by atoms with Crippen LogP contribution in [0.1, 0.15) is 51.0 Å². The summed E-state index contributed by atoms with van der Waals surface area (Å²) in [7, 11) is 0. The van der Waals surface area contributed by atoms with Gasteiger partial charge in [-0.15, -0.1) is 0 Å². The fourth-order valence-electron chi connectivity index (χ4n) is 2.94. The first-order valence-electron chi connectivity index (χ1n) is 8.53. The van der Waals surface area contributed by atoms with Crippen LogP contribution in [-0.4, -0.2) is 0 Å². The highest BCUT2D eigenvalue weighted by atomic mass is 32.2. The molecule has 0 radical (unpaired) electrons. The molecule has 2 aromatic carbocycles. The van der Waals surface area contributed by atoms with Crippen molar-refractivity contribution in [2.24, 2.45) is 0 Å². The number of hydrogen-bond acceptors (Lipinski definition) is 2. The molecule has 1 N–H and O–H groups in total. The second-order valence-corrected chi connectivity index (χ2v) is 7.16. The van der Waals surface area contributed by atoms with E-state index >= 15 is 0 Å². The molecule has 0 saturated heterocycles. The lowest BCUT2D eigenvalue weighted by Crippen LogP contribution is -2.00. The topological polar surface area (TPSA) is 12.0 Å². The first-order chi connectivity index (χ1) is 10.9. The van der Waals surface area contributed by atoms with Crippen molar-refractivity contribution < 1.29 is 0 Å². The summed E-state index contributed by atoms with van der Waals surface area (Å²) in [6.45, 7) is 2.27. The predicted octanol–water partition coefficient (Wildman–Crippen LogP) is 6.80. The molecule has 0 spiro atoms. The van der Waals surface area contributed by atoms with Crippen LogP contribution in [0, 0.1) is 0 Å². The van der Waals surface area contributed by atoms with Crippen molar-refractivity contribution in [2.75, 3.05) is 5.32 Å². The van der Waals surface area contributed by atoms with E-state index in [0.29, 0.717) is 0 Å². The average molecular weight is 311 g/mol. The molecular formula is C20H25NS. The largest absolute Gasteiger partial charge is 0.354 e. The van der Waals surface area contributed by atoms with Gasteiger partial charge in [0.15, 0.2) is 0 Å². The van der Waals surface area contributed by atoms with Crippen molar-refractivity contribution in [1.82, 2.24) is 0 Å². The van der Waals surface area contributed by atoms with Gasteiger partial charge in [-0.05, 0) is 42.7 Å². The summed E-state index contributed by atoms with van der Waals surface area (Å²) in [5.41, 5.74) is 3.95. The molecule has 0 amide bonds. The van der Waals surface area contributed by atoms with Gasteiger partial charge in [-0.25, -0.2) is 0 Å². The monoisotopic (exact) mass is 311 g/mol. The summed E-state index contributed by atoms with van der Waals surface area (Å²) in [5.74, 6) is 0. The Bertz CT molecular complexity index is 621. The van der Waals surface area contributed by atoms with E-state index in [9.17, 15) is 0 Å². The van der Waals surface area contributed by atoms with Crippen LogP contribution in [0.5, 0.6) is 0 Å². The molecule has 2 aromatic rings. The van der Waals surface area contributed by atoms with Gasteiger partial charge in [0.1, 0.15) is 0 Å². The first kappa shape index (κ1) is 15.5. The van der Waals surface area contributed by atoms with E-state index in [-0.39, 0.29) is 0 Å². The Kier molecular flexibility index (Phi) is 5.44. The maximum absolute atomic E-state index is 3.54. The van der Waals surface area contributed by atoms with Crippen molar-refractivity contribution in [1.29, 1.82) is 0 Å². The molecule has 0 saturated carbocycles. The molecule has 0 atom stereocenters. The molecule has 22 heavy (non-hydrogen) atoms. The molecule has 1 heterocycles. The Balaban J connectivity index is 1.56. The zero-order chi connectivity index (χ0) is 15.2. The second kappa shape index (κ2) is 7.73. The van der Waals surface area contributed by atoms with Crippen LogP contribution < -0.4 is 5.32 Å². The minimum Gasteiger partial charge on any atom is -0.354 e. The van der Waals surface area contributed by atoms with Crippen LogP contribution in [0.3, 0.4) is 0 Å². The maximum Gasteiger partial charge on any atom is 0.0526 e. The normalized spacial score (nSPS) is 12.4. The van der Waals surface area contributed by atoms with Crippen molar-refractivity contribution in [3.8, 4) is 0 Å². The third-order valence-corrected chi connectivity index (χ3v) is 5.37. The molecule has 2 heteroatoms. The minimum atomic E-state index is 1.21. The van der Waals surface area contributed by atoms with Gasteiger partial charge in [0, 0.05) is 9.79 Å². The lowest BCUT2D eigenvalue weighted by molar-refractivity contribution is 0.607. The number of aryl methyl sites for hydroxylation is 1. The Hall–Kier alpha value is -1.41. The van der Waals surface area contributed by atoms with Gasteiger partial charge in [0.2, 0.25) is 0 Å².